The number of halogens is 2. The zero-order valence-electron chi connectivity index (χ0n) is 11.0. The van der Waals surface area contributed by atoms with Crippen LogP contribution in [-0.4, -0.2) is 29.3 Å². The number of hydrogen-bond donors (Lipinski definition) is 3. The Hall–Kier alpha value is -1.69. The summed E-state index contributed by atoms with van der Waals surface area (Å²) in [5.41, 5.74) is -1.06. The number of anilines is 1. The molecule has 2 rings (SSSR count). The van der Waals surface area contributed by atoms with E-state index >= 15 is 0 Å². The van der Waals surface area contributed by atoms with E-state index in [-0.39, 0.29) is 17.7 Å². The van der Waals surface area contributed by atoms with E-state index in [2.05, 4.69) is 5.32 Å². The largest absolute Gasteiger partial charge is 0.478 e. The summed E-state index contributed by atoms with van der Waals surface area (Å²) in [7, 11) is 0. The van der Waals surface area contributed by atoms with Crippen molar-refractivity contribution in [1.29, 1.82) is 0 Å². The van der Waals surface area contributed by atoms with Gasteiger partial charge >= 0.3 is 5.97 Å². The topological polar surface area (TPSA) is 69.6 Å². The molecule has 0 amide bonds. The van der Waals surface area contributed by atoms with Gasteiger partial charge in [0.1, 0.15) is 0 Å². The first-order valence-corrected chi connectivity index (χ1v) is 6.55. The Morgan fingerprint density at radius 3 is 2.45 bits per heavy atom. The molecule has 0 heterocycles. The van der Waals surface area contributed by atoms with Crippen molar-refractivity contribution in [2.24, 2.45) is 5.41 Å². The molecular weight excluding hydrogens is 268 g/mol. The summed E-state index contributed by atoms with van der Waals surface area (Å²) in [5.74, 6) is -4.07. The first-order valence-electron chi connectivity index (χ1n) is 6.55. The monoisotopic (exact) mass is 285 g/mol. The Labute approximate surface area is 115 Å². The molecule has 0 atom stereocenters. The van der Waals surface area contributed by atoms with E-state index in [0.717, 1.165) is 31.7 Å². The highest BCUT2D eigenvalue weighted by Gasteiger charge is 2.33. The quantitative estimate of drug-likeness (QED) is 0.778. The number of carboxylic acids is 1. The minimum atomic E-state index is -1.50. The van der Waals surface area contributed by atoms with Crippen LogP contribution in [0.3, 0.4) is 0 Å². The van der Waals surface area contributed by atoms with E-state index < -0.39 is 23.2 Å². The van der Waals surface area contributed by atoms with E-state index in [1.165, 1.54) is 6.07 Å². The fourth-order valence-electron chi connectivity index (χ4n) is 2.65. The van der Waals surface area contributed by atoms with Crippen LogP contribution in [0.4, 0.5) is 14.5 Å². The van der Waals surface area contributed by atoms with Crippen molar-refractivity contribution in [2.75, 3.05) is 18.5 Å². The molecule has 20 heavy (non-hydrogen) atoms. The number of carbonyl (C=O) groups is 1. The molecule has 110 valence electrons. The highest BCUT2D eigenvalue weighted by Crippen LogP contribution is 2.38. The molecule has 0 aliphatic heterocycles. The van der Waals surface area contributed by atoms with Crippen LogP contribution in [-0.2, 0) is 0 Å². The molecule has 1 fully saturated rings. The van der Waals surface area contributed by atoms with Gasteiger partial charge in [0.05, 0.1) is 17.9 Å². The molecule has 1 saturated carbocycles. The van der Waals surface area contributed by atoms with E-state index in [4.69, 9.17) is 5.11 Å². The summed E-state index contributed by atoms with van der Waals surface area (Å²) in [6.07, 6.45) is 3.70. The van der Waals surface area contributed by atoms with E-state index in [1.807, 2.05) is 0 Å². The second kappa shape index (κ2) is 5.75. The summed E-state index contributed by atoms with van der Waals surface area (Å²) in [4.78, 5) is 10.7. The normalized spacial score (nSPS) is 17.1. The number of hydrogen-bond acceptors (Lipinski definition) is 3. The molecule has 1 aliphatic carbocycles. The van der Waals surface area contributed by atoms with Gasteiger partial charge in [-0.25, -0.2) is 13.6 Å². The molecule has 0 saturated heterocycles. The number of benzene rings is 1. The zero-order chi connectivity index (χ0) is 14.8. The average Bonchev–Trinajstić information content (AvgIpc) is 2.89. The van der Waals surface area contributed by atoms with Gasteiger partial charge in [-0.1, -0.05) is 12.8 Å². The summed E-state index contributed by atoms with van der Waals surface area (Å²) in [5, 5.41) is 20.9. The van der Waals surface area contributed by atoms with Crippen LogP contribution in [0.1, 0.15) is 36.0 Å². The van der Waals surface area contributed by atoms with Gasteiger partial charge in [-0.2, -0.15) is 0 Å². The summed E-state index contributed by atoms with van der Waals surface area (Å²) < 4.78 is 27.3. The van der Waals surface area contributed by atoms with Crippen molar-refractivity contribution < 1.29 is 23.8 Å². The third kappa shape index (κ3) is 2.75. The zero-order valence-corrected chi connectivity index (χ0v) is 11.0. The average molecular weight is 285 g/mol. The highest BCUT2D eigenvalue weighted by molar-refractivity contribution is 5.88. The summed E-state index contributed by atoms with van der Waals surface area (Å²) in [6.45, 7) is 0.337. The number of carboxylic acid groups (broad SMARTS) is 1. The van der Waals surface area contributed by atoms with Crippen molar-refractivity contribution in [2.45, 2.75) is 25.7 Å². The summed E-state index contributed by atoms with van der Waals surface area (Å²) >= 11 is 0. The smallest absolute Gasteiger partial charge is 0.338 e. The molecule has 0 spiro atoms. The van der Waals surface area contributed by atoms with Crippen molar-refractivity contribution in [1.82, 2.24) is 0 Å². The second-order valence-electron chi connectivity index (χ2n) is 5.31. The Kier molecular flexibility index (Phi) is 4.23. The molecule has 0 unspecified atom stereocenters. The maximum Gasteiger partial charge on any atom is 0.338 e. The molecule has 1 aromatic carbocycles. The standard InChI is InChI=1S/C14H17F2NO3/c15-11-9(13(19)20)3-4-10(12(11)16)17-7-14(8-18)5-1-2-6-14/h3-4,17-18H,1-2,5-8H2,(H,19,20). The lowest BCUT2D eigenvalue weighted by atomic mass is 9.87. The number of nitrogens with one attached hydrogen (secondary N) is 1. The maximum atomic E-state index is 13.8. The number of rotatable bonds is 5. The number of aliphatic hydroxyl groups excluding tert-OH is 1. The Morgan fingerprint density at radius 2 is 1.90 bits per heavy atom. The Morgan fingerprint density at radius 1 is 1.25 bits per heavy atom. The SMILES string of the molecule is O=C(O)c1ccc(NCC2(CO)CCCC2)c(F)c1F. The van der Waals surface area contributed by atoms with E-state index in [1.54, 1.807) is 0 Å². The fourth-order valence-corrected chi connectivity index (χ4v) is 2.65. The predicted molar refractivity (Wildman–Crippen MR) is 69.8 cm³/mol. The molecule has 6 heteroatoms. The lowest BCUT2D eigenvalue weighted by Gasteiger charge is -2.27. The van der Waals surface area contributed by atoms with Gasteiger partial charge in [0.25, 0.3) is 0 Å². The first kappa shape index (κ1) is 14.7. The lowest BCUT2D eigenvalue weighted by Crippen LogP contribution is -2.30. The summed E-state index contributed by atoms with van der Waals surface area (Å²) in [6, 6.07) is 2.24. The molecule has 4 nitrogen and oxygen atoms in total. The Balaban J connectivity index is 2.14. The minimum Gasteiger partial charge on any atom is -0.478 e. The molecule has 0 bridgehead atoms. The maximum absolute atomic E-state index is 13.8. The first-order chi connectivity index (χ1) is 9.49. The van der Waals surface area contributed by atoms with Gasteiger partial charge in [-0.05, 0) is 25.0 Å². The van der Waals surface area contributed by atoms with Crippen molar-refractivity contribution in [3.63, 3.8) is 0 Å². The van der Waals surface area contributed by atoms with Crippen molar-refractivity contribution in [3.05, 3.63) is 29.3 Å². The lowest BCUT2D eigenvalue weighted by molar-refractivity contribution is 0.0690. The highest BCUT2D eigenvalue weighted by atomic mass is 19.2. The van der Waals surface area contributed by atoms with Gasteiger partial charge in [0, 0.05) is 12.0 Å². The van der Waals surface area contributed by atoms with Crippen molar-refractivity contribution in [3.8, 4) is 0 Å². The van der Waals surface area contributed by atoms with Crippen LogP contribution in [0.25, 0.3) is 0 Å². The minimum absolute atomic E-state index is 0.00267. The van der Waals surface area contributed by atoms with Crippen LogP contribution < -0.4 is 5.32 Å². The van der Waals surface area contributed by atoms with E-state index in [0.29, 0.717) is 6.54 Å². The van der Waals surface area contributed by atoms with Gasteiger partial charge in [-0.3, -0.25) is 0 Å². The van der Waals surface area contributed by atoms with E-state index in [9.17, 15) is 18.7 Å². The van der Waals surface area contributed by atoms with Crippen LogP contribution in [0.2, 0.25) is 0 Å². The van der Waals surface area contributed by atoms with Crippen molar-refractivity contribution >= 4 is 11.7 Å². The molecule has 3 N–H and O–H groups in total. The fraction of sp³-hybridized carbons (Fsp3) is 0.500. The Bertz CT molecular complexity index is 513. The third-order valence-corrected chi connectivity index (χ3v) is 3.97. The molecule has 1 aromatic rings. The van der Waals surface area contributed by atoms with Crippen LogP contribution in [0, 0.1) is 17.0 Å². The van der Waals surface area contributed by atoms with Gasteiger partial charge in [0.15, 0.2) is 11.6 Å². The molecule has 1 aliphatic rings. The molecular formula is C14H17F2NO3. The molecule has 0 aromatic heterocycles. The third-order valence-electron chi connectivity index (χ3n) is 3.97. The van der Waals surface area contributed by atoms with Gasteiger partial charge < -0.3 is 15.5 Å². The number of aromatic carboxylic acids is 1. The predicted octanol–water partition coefficient (Wildman–Crippen LogP) is 2.63. The van der Waals surface area contributed by atoms with Crippen LogP contribution in [0.5, 0.6) is 0 Å². The second-order valence-corrected chi connectivity index (χ2v) is 5.31. The number of aliphatic hydroxyl groups is 1. The van der Waals surface area contributed by atoms with Crippen LogP contribution in [0.15, 0.2) is 12.1 Å². The van der Waals surface area contributed by atoms with Crippen LogP contribution >= 0.6 is 0 Å². The van der Waals surface area contributed by atoms with Gasteiger partial charge in [0.2, 0.25) is 0 Å². The molecule has 0 radical (unpaired) electrons. The van der Waals surface area contributed by atoms with Gasteiger partial charge in [-0.15, -0.1) is 0 Å².